The van der Waals surface area contributed by atoms with E-state index in [0.717, 1.165) is 5.56 Å². The maximum Gasteiger partial charge on any atom is 0.412 e. The molecule has 1 rings (SSSR count). The summed E-state index contributed by atoms with van der Waals surface area (Å²) in [5.41, 5.74) is 1.18. The van der Waals surface area contributed by atoms with Gasteiger partial charge >= 0.3 is 6.09 Å². The predicted octanol–water partition coefficient (Wildman–Crippen LogP) is 3.64. The van der Waals surface area contributed by atoms with Gasteiger partial charge in [0, 0.05) is 5.69 Å². The molecule has 5 heteroatoms. The van der Waals surface area contributed by atoms with Crippen molar-refractivity contribution in [3.8, 4) is 0 Å². The summed E-state index contributed by atoms with van der Waals surface area (Å²) in [6.07, 6.45) is -0.466. The number of carbonyl (C=O) groups is 1. The van der Waals surface area contributed by atoms with Crippen LogP contribution in [0.3, 0.4) is 0 Å². The molecule has 1 N–H and O–H groups in total. The van der Waals surface area contributed by atoms with Crippen LogP contribution in [0.2, 0.25) is 0 Å². The first-order valence-electron chi connectivity index (χ1n) is 5.53. The van der Waals surface area contributed by atoms with E-state index in [1.165, 1.54) is 0 Å². The Balaban J connectivity index is 2.58. The second-order valence-electron chi connectivity index (χ2n) is 4.73. The van der Waals surface area contributed by atoms with E-state index in [2.05, 4.69) is 27.7 Å². The number of rotatable bonds is 3. The number of hydrogen-bond acceptors (Lipinski definition) is 4. The van der Waals surface area contributed by atoms with Gasteiger partial charge in [-0.05, 0) is 50.7 Å². The summed E-state index contributed by atoms with van der Waals surface area (Å²) < 4.78 is 5.14. The quantitative estimate of drug-likeness (QED) is 0.670. The lowest BCUT2D eigenvalue weighted by Crippen LogP contribution is -2.27. The minimum absolute atomic E-state index is 0.466. The second-order valence-corrected chi connectivity index (χ2v) is 4.91. The lowest BCUT2D eigenvalue weighted by Gasteiger charge is -2.19. The van der Waals surface area contributed by atoms with Gasteiger partial charge in [0.25, 0.3) is 0 Å². The van der Waals surface area contributed by atoms with Gasteiger partial charge in [0.1, 0.15) is 5.60 Å². The molecule has 96 valence electrons. The molecule has 1 aromatic rings. The number of thiocarbonyl (C=S) groups is 1. The number of isothiocyanates is 1. The van der Waals surface area contributed by atoms with Crippen molar-refractivity contribution in [3.63, 3.8) is 0 Å². The van der Waals surface area contributed by atoms with Gasteiger partial charge in [0.2, 0.25) is 0 Å². The maximum absolute atomic E-state index is 11.5. The van der Waals surface area contributed by atoms with E-state index < -0.39 is 11.7 Å². The fourth-order valence-electron chi connectivity index (χ4n) is 1.24. The molecule has 0 aliphatic carbocycles. The minimum Gasteiger partial charge on any atom is -0.444 e. The van der Waals surface area contributed by atoms with Crippen LogP contribution >= 0.6 is 12.2 Å². The average Bonchev–Trinajstić information content (AvgIpc) is 2.25. The molecule has 0 radical (unpaired) electrons. The number of benzene rings is 1. The van der Waals surface area contributed by atoms with Crippen molar-refractivity contribution in [1.82, 2.24) is 0 Å². The van der Waals surface area contributed by atoms with E-state index in [0.29, 0.717) is 12.2 Å². The highest BCUT2D eigenvalue weighted by Crippen LogP contribution is 2.13. The summed E-state index contributed by atoms with van der Waals surface area (Å²) in [4.78, 5) is 15.3. The third-order valence-electron chi connectivity index (χ3n) is 1.93. The number of carbonyl (C=O) groups excluding carboxylic acids is 1. The van der Waals surface area contributed by atoms with Gasteiger partial charge in [-0.15, -0.1) is 0 Å². The molecule has 0 aromatic heterocycles. The Morgan fingerprint density at radius 1 is 1.39 bits per heavy atom. The van der Waals surface area contributed by atoms with Crippen molar-refractivity contribution < 1.29 is 9.53 Å². The first-order chi connectivity index (χ1) is 8.40. The number of anilines is 1. The molecule has 0 unspecified atom stereocenters. The molecular weight excluding hydrogens is 248 g/mol. The molecule has 0 atom stereocenters. The molecule has 18 heavy (non-hydrogen) atoms. The molecule has 4 nitrogen and oxygen atoms in total. The second kappa shape index (κ2) is 6.28. The molecule has 0 aliphatic rings. The average molecular weight is 264 g/mol. The van der Waals surface area contributed by atoms with Gasteiger partial charge in [-0.3, -0.25) is 5.32 Å². The van der Waals surface area contributed by atoms with Gasteiger partial charge in [-0.1, -0.05) is 12.1 Å². The Bertz CT molecular complexity index is 457. The monoisotopic (exact) mass is 264 g/mol. The lowest BCUT2D eigenvalue weighted by atomic mass is 10.2. The molecule has 0 bridgehead atoms. The number of amides is 1. The summed E-state index contributed by atoms with van der Waals surface area (Å²) in [5.74, 6) is 0. The highest BCUT2D eigenvalue weighted by atomic mass is 32.1. The van der Waals surface area contributed by atoms with Gasteiger partial charge < -0.3 is 4.74 Å². The summed E-state index contributed by atoms with van der Waals surface area (Å²) in [6, 6.07) is 7.31. The van der Waals surface area contributed by atoms with Crippen LogP contribution in [0.5, 0.6) is 0 Å². The third-order valence-corrected chi connectivity index (χ3v) is 2.05. The zero-order valence-electron chi connectivity index (χ0n) is 10.7. The molecular formula is C13H16N2O2S. The summed E-state index contributed by atoms with van der Waals surface area (Å²) in [6.45, 7) is 5.95. The van der Waals surface area contributed by atoms with Crippen LogP contribution in [0.25, 0.3) is 0 Å². The first-order valence-corrected chi connectivity index (χ1v) is 5.94. The molecule has 0 spiro atoms. The van der Waals surface area contributed by atoms with Crippen LogP contribution in [0, 0.1) is 0 Å². The summed E-state index contributed by atoms with van der Waals surface area (Å²) >= 11 is 4.49. The highest BCUT2D eigenvalue weighted by Gasteiger charge is 2.15. The Hall–Kier alpha value is -1.71. The Labute approximate surface area is 112 Å². The van der Waals surface area contributed by atoms with E-state index in [9.17, 15) is 4.79 Å². The van der Waals surface area contributed by atoms with Gasteiger partial charge in [0.15, 0.2) is 0 Å². The topological polar surface area (TPSA) is 50.7 Å². The van der Waals surface area contributed by atoms with E-state index in [1.54, 1.807) is 12.1 Å². The van der Waals surface area contributed by atoms with Crippen molar-refractivity contribution in [2.24, 2.45) is 4.99 Å². The number of hydrogen-bond donors (Lipinski definition) is 1. The summed E-state index contributed by atoms with van der Waals surface area (Å²) in [5, 5.41) is 4.96. The largest absolute Gasteiger partial charge is 0.444 e. The fraction of sp³-hybridized carbons (Fsp3) is 0.385. The van der Waals surface area contributed by atoms with E-state index >= 15 is 0 Å². The van der Waals surface area contributed by atoms with E-state index in [1.807, 2.05) is 32.9 Å². The van der Waals surface area contributed by atoms with Gasteiger partial charge in [-0.2, -0.15) is 0 Å². The minimum atomic E-state index is -0.502. The normalized spacial score (nSPS) is 10.4. The van der Waals surface area contributed by atoms with E-state index in [-0.39, 0.29) is 0 Å². The molecule has 0 aliphatic heterocycles. The smallest absolute Gasteiger partial charge is 0.412 e. The van der Waals surface area contributed by atoms with Crippen LogP contribution in [-0.4, -0.2) is 16.9 Å². The van der Waals surface area contributed by atoms with Crippen LogP contribution in [-0.2, 0) is 11.3 Å². The number of ether oxygens (including phenoxy) is 1. The summed E-state index contributed by atoms with van der Waals surface area (Å²) in [7, 11) is 0. The molecule has 0 saturated carbocycles. The van der Waals surface area contributed by atoms with Crippen LogP contribution in [0.4, 0.5) is 10.5 Å². The molecule has 1 aromatic carbocycles. The number of aliphatic imine (C=N–C) groups is 1. The number of nitrogens with zero attached hydrogens (tertiary/aromatic N) is 1. The first kappa shape index (κ1) is 14.4. The SMILES string of the molecule is CC(C)(C)OC(=O)Nc1ccc(CN=C=S)cc1. The van der Waals surface area contributed by atoms with Crippen molar-refractivity contribution in [1.29, 1.82) is 0 Å². The number of nitrogens with one attached hydrogen (secondary N) is 1. The van der Waals surface area contributed by atoms with Crippen molar-refractivity contribution in [2.45, 2.75) is 32.9 Å². The maximum atomic E-state index is 11.5. The van der Waals surface area contributed by atoms with Crippen LogP contribution in [0.15, 0.2) is 29.3 Å². The zero-order valence-corrected chi connectivity index (χ0v) is 11.5. The lowest BCUT2D eigenvalue weighted by molar-refractivity contribution is 0.0636. The van der Waals surface area contributed by atoms with Crippen molar-refractivity contribution in [3.05, 3.63) is 29.8 Å². The Kier molecular flexibility index (Phi) is 5.01. The van der Waals surface area contributed by atoms with Gasteiger partial charge in [-0.25, -0.2) is 9.79 Å². The standard InChI is InChI=1S/C13H16N2O2S/c1-13(2,3)17-12(16)15-11-6-4-10(5-7-11)8-14-9-18/h4-7H,8H2,1-3H3,(H,15,16). The molecule has 0 heterocycles. The fourth-order valence-corrected chi connectivity index (χ4v) is 1.30. The van der Waals surface area contributed by atoms with Crippen LogP contribution in [0.1, 0.15) is 26.3 Å². The van der Waals surface area contributed by atoms with Crippen LogP contribution < -0.4 is 5.32 Å². The molecule has 0 fully saturated rings. The van der Waals surface area contributed by atoms with Crippen molar-refractivity contribution >= 4 is 29.2 Å². The molecule has 0 saturated heterocycles. The highest BCUT2D eigenvalue weighted by molar-refractivity contribution is 7.78. The van der Waals surface area contributed by atoms with Crippen molar-refractivity contribution in [2.75, 3.05) is 5.32 Å². The van der Waals surface area contributed by atoms with E-state index in [4.69, 9.17) is 4.74 Å². The zero-order chi connectivity index (χ0) is 13.6. The molecule has 1 amide bonds. The third kappa shape index (κ3) is 5.57. The van der Waals surface area contributed by atoms with Gasteiger partial charge in [0.05, 0.1) is 11.7 Å². The Morgan fingerprint density at radius 2 is 2.00 bits per heavy atom. The Morgan fingerprint density at radius 3 is 2.50 bits per heavy atom. The predicted molar refractivity (Wildman–Crippen MR) is 75.0 cm³/mol.